The van der Waals surface area contributed by atoms with Gasteiger partial charge in [-0.05, 0) is 78.9 Å². The second-order valence-corrected chi connectivity index (χ2v) is 11.1. The molecule has 0 bridgehead atoms. The van der Waals surface area contributed by atoms with E-state index in [1.54, 1.807) is 37.7 Å². The summed E-state index contributed by atoms with van der Waals surface area (Å²) in [5.41, 5.74) is 3.43. The van der Waals surface area contributed by atoms with E-state index in [-0.39, 0.29) is 24.3 Å². The van der Waals surface area contributed by atoms with E-state index in [0.717, 1.165) is 35.4 Å². The molecular weight excluding hydrogens is 591 g/mol. The molecular formula is C35H33FN4O6. The van der Waals surface area contributed by atoms with Gasteiger partial charge in [-0.3, -0.25) is 0 Å². The maximum absolute atomic E-state index is 14.1. The van der Waals surface area contributed by atoms with Crippen LogP contribution in [0.5, 0.6) is 5.75 Å². The molecule has 0 amide bonds. The zero-order chi connectivity index (χ0) is 32.3. The van der Waals surface area contributed by atoms with Crippen LogP contribution in [0.2, 0.25) is 0 Å². The Morgan fingerprint density at radius 2 is 1.80 bits per heavy atom. The lowest BCUT2D eigenvalue weighted by Gasteiger charge is -2.48. The lowest BCUT2D eigenvalue weighted by molar-refractivity contribution is -0.0474. The number of piperidine rings is 1. The first-order valence-corrected chi connectivity index (χ1v) is 14.8. The summed E-state index contributed by atoms with van der Waals surface area (Å²) >= 11 is 0. The Labute approximate surface area is 265 Å². The molecule has 2 aliphatic rings. The normalized spacial score (nSPS) is 18.3. The summed E-state index contributed by atoms with van der Waals surface area (Å²) in [4.78, 5) is 38.0. The molecule has 0 aliphatic carbocycles. The molecule has 2 aliphatic heterocycles. The van der Waals surface area contributed by atoms with Gasteiger partial charge in [0, 0.05) is 12.7 Å². The highest BCUT2D eigenvalue weighted by atomic mass is 19.1. The predicted molar refractivity (Wildman–Crippen MR) is 168 cm³/mol. The Morgan fingerprint density at radius 3 is 2.50 bits per heavy atom. The van der Waals surface area contributed by atoms with E-state index in [0.29, 0.717) is 23.7 Å². The molecule has 1 saturated heterocycles. The molecule has 46 heavy (non-hydrogen) atoms. The van der Waals surface area contributed by atoms with E-state index < -0.39 is 23.3 Å². The summed E-state index contributed by atoms with van der Waals surface area (Å²) in [7, 11) is 2.88. The Hall–Kier alpha value is -5.45. The van der Waals surface area contributed by atoms with Crippen LogP contribution in [-0.4, -0.2) is 66.2 Å². The molecule has 0 radical (unpaired) electrons. The quantitative estimate of drug-likeness (QED) is 0.230. The molecule has 4 aromatic rings. The van der Waals surface area contributed by atoms with Crippen LogP contribution >= 0.6 is 0 Å². The number of esters is 2. The number of rotatable bonds is 8. The van der Waals surface area contributed by atoms with Crippen LogP contribution < -0.4 is 4.74 Å². The first-order valence-electron chi connectivity index (χ1n) is 14.8. The number of aryl methyl sites for hydroxylation is 1. The fourth-order valence-corrected chi connectivity index (χ4v) is 5.92. The van der Waals surface area contributed by atoms with Crippen LogP contribution in [-0.2, 0) is 19.9 Å². The van der Waals surface area contributed by atoms with Crippen LogP contribution in [0.1, 0.15) is 50.4 Å². The number of oxime groups is 1. The van der Waals surface area contributed by atoms with E-state index in [2.05, 4.69) is 15.0 Å². The fourth-order valence-electron chi connectivity index (χ4n) is 5.92. The molecule has 0 N–H and O–H groups in total. The SMILES string of the molecule is COC(=O)c1ccccc1C(=O)OC[C@@]1(c2ccc(F)cc2)CON=C2/C(=C/c3ccc(-n4cnc(C)c4)c(OC)c3)CCCN21. The van der Waals surface area contributed by atoms with E-state index in [4.69, 9.17) is 19.0 Å². The van der Waals surface area contributed by atoms with Gasteiger partial charge in [-0.1, -0.05) is 35.5 Å². The summed E-state index contributed by atoms with van der Waals surface area (Å²) < 4.78 is 32.5. The highest BCUT2D eigenvalue weighted by Gasteiger charge is 2.47. The fraction of sp³-hybridized carbons (Fsp3) is 0.257. The van der Waals surface area contributed by atoms with Crippen molar-refractivity contribution in [2.75, 3.05) is 34.0 Å². The molecule has 0 unspecified atom stereocenters. The number of benzene rings is 3. The van der Waals surface area contributed by atoms with Crippen LogP contribution in [0.3, 0.4) is 0 Å². The number of fused-ring (bicyclic) bond motifs is 1. The van der Waals surface area contributed by atoms with Crippen LogP contribution in [0.15, 0.2) is 90.0 Å². The number of carbonyl (C=O) groups is 2. The lowest BCUT2D eigenvalue weighted by Crippen LogP contribution is -2.59. The first-order chi connectivity index (χ1) is 22.3. The monoisotopic (exact) mass is 624 g/mol. The number of methoxy groups -OCH3 is 2. The molecule has 3 aromatic carbocycles. The molecule has 0 spiro atoms. The Bertz CT molecular complexity index is 1830. The van der Waals surface area contributed by atoms with Crippen molar-refractivity contribution in [3.63, 3.8) is 0 Å². The van der Waals surface area contributed by atoms with Gasteiger partial charge in [0.15, 0.2) is 5.84 Å². The minimum Gasteiger partial charge on any atom is -0.495 e. The average molecular weight is 625 g/mol. The largest absolute Gasteiger partial charge is 0.495 e. The third-order valence-electron chi connectivity index (χ3n) is 8.25. The molecule has 1 atom stereocenters. The van der Waals surface area contributed by atoms with E-state index >= 15 is 0 Å². The average Bonchev–Trinajstić information content (AvgIpc) is 3.53. The van der Waals surface area contributed by atoms with Gasteiger partial charge in [-0.15, -0.1) is 0 Å². The highest BCUT2D eigenvalue weighted by molar-refractivity contribution is 6.04. The van der Waals surface area contributed by atoms with E-state index in [1.807, 2.05) is 42.0 Å². The molecule has 1 aromatic heterocycles. The minimum absolute atomic E-state index is 0.0498. The van der Waals surface area contributed by atoms with Crippen molar-refractivity contribution in [2.24, 2.45) is 5.16 Å². The second-order valence-electron chi connectivity index (χ2n) is 11.1. The van der Waals surface area contributed by atoms with Crippen molar-refractivity contribution in [2.45, 2.75) is 25.3 Å². The van der Waals surface area contributed by atoms with Gasteiger partial charge in [0.25, 0.3) is 0 Å². The van der Waals surface area contributed by atoms with Crippen molar-refractivity contribution in [1.82, 2.24) is 14.5 Å². The van der Waals surface area contributed by atoms with Crippen molar-refractivity contribution in [1.29, 1.82) is 0 Å². The molecule has 3 heterocycles. The van der Waals surface area contributed by atoms with Gasteiger partial charge >= 0.3 is 11.9 Å². The van der Waals surface area contributed by atoms with Gasteiger partial charge in [0.1, 0.15) is 30.3 Å². The third-order valence-corrected chi connectivity index (χ3v) is 8.25. The summed E-state index contributed by atoms with van der Waals surface area (Å²) in [6, 6.07) is 18.3. The minimum atomic E-state index is -1.03. The van der Waals surface area contributed by atoms with Crippen LogP contribution in [0, 0.1) is 12.7 Å². The number of ether oxygens (including phenoxy) is 3. The predicted octanol–water partition coefficient (Wildman–Crippen LogP) is 5.69. The van der Waals surface area contributed by atoms with Gasteiger partial charge in [0.05, 0.1) is 43.1 Å². The third kappa shape index (κ3) is 5.83. The number of amidine groups is 1. The Kier molecular flexibility index (Phi) is 8.56. The summed E-state index contributed by atoms with van der Waals surface area (Å²) in [6.07, 6.45) is 7.23. The Morgan fingerprint density at radius 1 is 1.04 bits per heavy atom. The highest BCUT2D eigenvalue weighted by Crippen LogP contribution is 2.39. The zero-order valence-corrected chi connectivity index (χ0v) is 25.7. The van der Waals surface area contributed by atoms with Crippen molar-refractivity contribution in [3.8, 4) is 11.4 Å². The number of hydrogen-bond donors (Lipinski definition) is 0. The molecule has 0 saturated carbocycles. The number of carbonyl (C=O) groups excluding carboxylic acids is 2. The molecule has 1 fully saturated rings. The van der Waals surface area contributed by atoms with Crippen molar-refractivity contribution >= 4 is 23.9 Å². The second kappa shape index (κ2) is 12.9. The Balaban J connectivity index is 1.34. The van der Waals surface area contributed by atoms with Gasteiger partial charge in [-0.25, -0.2) is 19.0 Å². The van der Waals surface area contributed by atoms with Gasteiger partial charge in [0.2, 0.25) is 0 Å². The van der Waals surface area contributed by atoms with Gasteiger partial charge in [-0.2, -0.15) is 0 Å². The summed E-state index contributed by atoms with van der Waals surface area (Å²) in [6.45, 7) is 2.42. The van der Waals surface area contributed by atoms with Gasteiger partial charge < -0.3 is 28.5 Å². The number of hydrogen-bond acceptors (Lipinski definition) is 9. The molecule has 6 rings (SSSR count). The zero-order valence-electron chi connectivity index (χ0n) is 25.7. The van der Waals surface area contributed by atoms with Crippen LogP contribution in [0.4, 0.5) is 4.39 Å². The molecule has 11 heteroatoms. The summed E-state index contributed by atoms with van der Waals surface area (Å²) in [5.74, 6) is -0.454. The van der Waals surface area contributed by atoms with Crippen LogP contribution in [0.25, 0.3) is 11.8 Å². The van der Waals surface area contributed by atoms with E-state index in [9.17, 15) is 14.0 Å². The molecule has 10 nitrogen and oxygen atoms in total. The van der Waals surface area contributed by atoms with E-state index in [1.165, 1.54) is 31.4 Å². The smallest absolute Gasteiger partial charge is 0.339 e. The van der Waals surface area contributed by atoms with Crippen molar-refractivity contribution < 1.29 is 33.0 Å². The number of halogens is 1. The maximum Gasteiger partial charge on any atom is 0.339 e. The topological polar surface area (TPSA) is 104 Å². The van der Waals surface area contributed by atoms with Crippen molar-refractivity contribution in [3.05, 3.63) is 119 Å². The maximum atomic E-state index is 14.1. The number of nitrogens with zero attached hydrogens (tertiary/aromatic N) is 4. The molecule has 236 valence electrons. The lowest BCUT2D eigenvalue weighted by atomic mass is 9.85. The standard InChI is InChI=1S/C35H33FN4O6/c1-23-19-39(22-37-23)30-15-10-24(18-31(30)43-2)17-25-7-6-16-40-32(25)38-46-21-35(40,26-11-13-27(36)14-12-26)20-45-34(42)29-9-5-4-8-28(29)33(41)44-3/h4-5,8-15,17-19,22H,6-7,16,20-21H2,1-3H3/b25-17+/t35-/m0/s1. The first kappa shape index (κ1) is 30.6. The number of aromatic nitrogens is 2. The number of imidazole rings is 1. The summed E-state index contributed by atoms with van der Waals surface area (Å²) in [5, 5.41) is 4.47.